The molecule has 0 heterocycles. The van der Waals surface area contributed by atoms with Crippen molar-refractivity contribution in [1.29, 1.82) is 0 Å². The van der Waals surface area contributed by atoms with Gasteiger partial charge < -0.3 is 5.11 Å². The molecule has 0 aliphatic heterocycles. The van der Waals surface area contributed by atoms with Crippen LogP contribution in [0.2, 0.25) is 0 Å². The summed E-state index contributed by atoms with van der Waals surface area (Å²) in [7, 11) is 0. The molecule has 0 fully saturated rings. The molecule has 0 radical (unpaired) electrons. The zero-order chi connectivity index (χ0) is 12.3. The van der Waals surface area contributed by atoms with E-state index in [0.717, 1.165) is 21.3 Å². The van der Waals surface area contributed by atoms with E-state index in [9.17, 15) is 5.11 Å². The minimum Gasteiger partial charge on any atom is -0.507 e. The standard InChI is InChI=1S/C14H12BrNO/c1-10-2-7-14(17)11(8-10)9-16-13-5-3-12(15)4-6-13/h2-9,17H,1H3. The van der Waals surface area contributed by atoms with E-state index in [2.05, 4.69) is 20.9 Å². The van der Waals surface area contributed by atoms with Crippen LogP contribution >= 0.6 is 15.9 Å². The summed E-state index contributed by atoms with van der Waals surface area (Å²) in [6.07, 6.45) is 1.67. The Morgan fingerprint density at radius 2 is 1.82 bits per heavy atom. The first-order valence-corrected chi connectivity index (χ1v) is 6.04. The predicted octanol–water partition coefficient (Wildman–Crippen LogP) is 4.21. The van der Waals surface area contributed by atoms with Crippen LogP contribution in [0.5, 0.6) is 5.75 Å². The number of hydrogen-bond donors (Lipinski definition) is 1. The second-order valence-electron chi connectivity index (χ2n) is 3.80. The van der Waals surface area contributed by atoms with Crippen LogP contribution in [0.25, 0.3) is 0 Å². The average Bonchev–Trinajstić information content (AvgIpc) is 2.32. The Balaban J connectivity index is 2.25. The largest absolute Gasteiger partial charge is 0.507 e. The van der Waals surface area contributed by atoms with E-state index in [4.69, 9.17) is 0 Å². The van der Waals surface area contributed by atoms with Gasteiger partial charge >= 0.3 is 0 Å². The van der Waals surface area contributed by atoms with Gasteiger partial charge in [-0.15, -0.1) is 0 Å². The molecule has 2 aromatic carbocycles. The van der Waals surface area contributed by atoms with Crippen molar-refractivity contribution in [3.8, 4) is 5.75 Å². The first-order chi connectivity index (χ1) is 8.15. The minimum atomic E-state index is 0.247. The second kappa shape index (κ2) is 5.15. The van der Waals surface area contributed by atoms with Crippen molar-refractivity contribution in [3.63, 3.8) is 0 Å². The number of rotatable bonds is 2. The van der Waals surface area contributed by atoms with Crippen molar-refractivity contribution in [3.05, 3.63) is 58.1 Å². The average molecular weight is 290 g/mol. The van der Waals surface area contributed by atoms with E-state index in [-0.39, 0.29) is 5.75 Å². The highest BCUT2D eigenvalue weighted by Gasteiger charge is 1.97. The molecule has 17 heavy (non-hydrogen) atoms. The monoisotopic (exact) mass is 289 g/mol. The zero-order valence-electron chi connectivity index (χ0n) is 9.39. The van der Waals surface area contributed by atoms with Crippen LogP contribution < -0.4 is 0 Å². The van der Waals surface area contributed by atoms with Gasteiger partial charge in [0.25, 0.3) is 0 Å². The third-order valence-corrected chi connectivity index (χ3v) is 2.89. The molecule has 2 aromatic rings. The topological polar surface area (TPSA) is 32.6 Å². The SMILES string of the molecule is Cc1ccc(O)c(C=Nc2ccc(Br)cc2)c1. The molecule has 2 nitrogen and oxygen atoms in total. The second-order valence-corrected chi connectivity index (χ2v) is 4.71. The van der Waals surface area contributed by atoms with Crippen molar-refractivity contribution in [1.82, 2.24) is 0 Å². The first-order valence-electron chi connectivity index (χ1n) is 5.24. The fourth-order valence-corrected chi connectivity index (χ4v) is 1.71. The molecule has 0 saturated carbocycles. The molecule has 3 heteroatoms. The van der Waals surface area contributed by atoms with Crippen molar-refractivity contribution < 1.29 is 5.11 Å². The summed E-state index contributed by atoms with van der Waals surface area (Å²) in [6.45, 7) is 1.98. The Hall–Kier alpha value is -1.61. The molecule has 2 rings (SSSR count). The van der Waals surface area contributed by atoms with Crippen molar-refractivity contribution in [2.45, 2.75) is 6.92 Å². The molecule has 86 valence electrons. The van der Waals surface area contributed by atoms with Gasteiger partial charge in [-0.05, 0) is 43.3 Å². The summed E-state index contributed by atoms with van der Waals surface area (Å²) in [5.74, 6) is 0.247. The van der Waals surface area contributed by atoms with Crippen molar-refractivity contribution >= 4 is 27.8 Å². The highest BCUT2D eigenvalue weighted by molar-refractivity contribution is 9.10. The predicted molar refractivity (Wildman–Crippen MR) is 74.2 cm³/mol. The molecule has 0 bridgehead atoms. The maximum Gasteiger partial charge on any atom is 0.124 e. The summed E-state index contributed by atoms with van der Waals surface area (Å²) >= 11 is 3.37. The molecule has 0 unspecified atom stereocenters. The van der Waals surface area contributed by atoms with Crippen molar-refractivity contribution in [2.75, 3.05) is 0 Å². The van der Waals surface area contributed by atoms with Gasteiger partial charge in [0, 0.05) is 16.3 Å². The summed E-state index contributed by atoms with van der Waals surface area (Å²) < 4.78 is 1.02. The van der Waals surface area contributed by atoms with Crippen LogP contribution in [0.4, 0.5) is 5.69 Å². The Morgan fingerprint density at radius 1 is 1.12 bits per heavy atom. The Bertz CT molecular complexity index is 547. The molecule has 1 N–H and O–H groups in total. The molecular formula is C14H12BrNO. The highest BCUT2D eigenvalue weighted by atomic mass is 79.9. The lowest BCUT2D eigenvalue weighted by molar-refractivity contribution is 0.474. The van der Waals surface area contributed by atoms with E-state index in [1.807, 2.05) is 43.3 Å². The van der Waals surface area contributed by atoms with Gasteiger partial charge in [0.15, 0.2) is 0 Å². The van der Waals surface area contributed by atoms with E-state index >= 15 is 0 Å². The highest BCUT2D eigenvalue weighted by Crippen LogP contribution is 2.19. The van der Waals surface area contributed by atoms with E-state index in [0.29, 0.717) is 0 Å². The maximum absolute atomic E-state index is 9.66. The molecule has 0 amide bonds. The fraction of sp³-hybridized carbons (Fsp3) is 0.0714. The number of aromatic hydroxyl groups is 1. The molecular weight excluding hydrogens is 278 g/mol. The molecule has 0 atom stereocenters. The number of halogens is 1. The summed E-state index contributed by atoms with van der Waals surface area (Å²) in [5, 5.41) is 9.66. The Kier molecular flexibility index (Phi) is 3.59. The number of aliphatic imine (C=N–C) groups is 1. The van der Waals surface area contributed by atoms with Crippen LogP contribution in [0.15, 0.2) is 51.9 Å². The first kappa shape index (κ1) is 11.9. The van der Waals surface area contributed by atoms with Gasteiger partial charge in [0.2, 0.25) is 0 Å². The molecule has 0 saturated heterocycles. The lowest BCUT2D eigenvalue weighted by Crippen LogP contribution is -1.83. The maximum atomic E-state index is 9.66. The molecule has 0 spiro atoms. The fourth-order valence-electron chi connectivity index (χ4n) is 1.45. The number of phenolic OH excluding ortho intramolecular Hbond substituents is 1. The summed E-state index contributed by atoms with van der Waals surface area (Å²) in [4.78, 5) is 4.31. The van der Waals surface area contributed by atoms with Crippen LogP contribution in [0.1, 0.15) is 11.1 Å². The summed E-state index contributed by atoms with van der Waals surface area (Å²) in [6, 6.07) is 13.1. The van der Waals surface area contributed by atoms with Crippen LogP contribution in [-0.2, 0) is 0 Å². The lowest BCUT2D eigenvalue weighted by Gasteiger charge is -2.00. The Morgan fingerprint density at radius 3 is 2.53 bits per heavy atom. The quantitative estimate of drug-likeness (QED) is 0.825. The Labute approximate surface area is 109 Å². The van der Waals surface area contributed by atoms with Gasteiger partial charge in [0.1, 0.15) is 5.75 Å². The van der Waals surface area contributed by atoms with Gasteiger partial charge in [0.05, 0.1) is 5.69 Å². The van der Waals surface area contributed by atoms with Gasteiger partial charge in [-0.25, -0.2) is 0 Å². The third kappa shape index (κ3) is 3.17. The molecule has 0 aromatic heterocycles. The minimum absolute atomic E-state index is 0.247. The van der Waals surface area contributed by atoms with Gasteiger partial charge in [-0.1, -0.05) is 27.6 Å². The summed E-state index contributed by atoms with van der Waals surface area (Å²) in [5.41, 5.74) is 2.68. The number of hydrogen-bond acceptors (Lipinski definition) is 2. The normalized spacial score (nSPS) is 10.9. The van der Waals surface area contributed by atoms with Gasteiger partial charge in [-0.3, -0.25) is 4.99 Å². The number of aryl methyl sites for hydroxylation is 1. The number of benzene rings is 2. The third-order valence-electron chi connectivity index (χ3n) is 2.36. The van der Waals surface area contributed by atoms with E-state index in [1.165, 1.54) is 0 Å². The van der Waals surface area contributed by atoms with E-state index in [1.54, 1.807) is 12.3 Å². The van der Waals surface area contributed by atoms with Crippen molar-refractivity contribution in [2.24, 2.45) is 4.99 Å². The molecule has 0 aliphatic rings. The van der Waals surface area contributed by atoms with Crippen LogP contribution in [0.3, 0.4) is 0 Å². The van der Waals surface area contributed by atoms with Gasteiger partial charge in [-0.2, -0.15) is 0 Å². The van der Waals surface area contributed by atoms with Crippen LogP contribution in [-0.4, -0.2) is 11.3 Å². The van der Waals surface area contributed by atoms with E-state index < -0.39 is 0 Å². The number of phenols is 1. The number of nitrogens with zero attached hydrogens (tertiary/aromatic N) is 1. The lowest BCUT2D eigenvalue weighted by atomic mass is 10.1. The van der Waals surface area contributed by atoms with Crippen LogP contribution in [0, 0.1) is 6.92 Å². The molecule has 0 aliphatic carbocycles. The smallest absolute Gasteiger partial charge is 0.124 e. The zero-order valence-corrected chi connectivity index (χ0v) is 11.0.